The fourth-order valence-electron chi connectivity index (χ4n) is 3.67. The van der Waals surface area contributed by atoms with Crippen molar-refractivity contribution < 1.29 is 4.79 Å². The Morgan fingerprint density at radius 3 is 2.31 bits per heavy atom. The third-order valence-electron chi connectivity index (χ3n) is 5.45. The zero-order valence-corrected chi connectivity index (χ0v) is 16.0. The topological polar surface area (TPSA) is 51.2 Å². The molecule has 0 atom stereocenters. The molecule has 2 fully saturated rings. The van der Waals surface area contributed by atoms with Crippen LogP contribution in [0, 0.1) is 5.92 Å². The number of guanidine groups is 1. The summed E-state index contributed by atoms with van der Waals surface area (Å²) >= 11 is 0. The highest BCUT2D eigenvalue weighted by Gasteiger charge is 2.23. The van der Waals surface area contributed by atoms with E-state index >= 15 is 0 Å². The molecule has 3 rings (SSSR count). The summed E-state index contributed by atoms with van der Waals surface area (Å²) in [4.78, 5) is 23.5. The molecule has 2 aliphatic rings. The Hall–Kier alpha value is -2.24. The van der Waals surface area contributed by atoms with Gasteiger partial charge in [0.2, 0.25) is 5.91 Å². The van der Waals surface area contributed by atoms with E-state index in [0.717, 1.165) is 51.1 Å². The van der Waals surface area contributed by atoms with Gasteiger partial charge in [-0.2, -0.15) is 0 Å². The molecule has 0 bridgehead atoms. The summed E-state index contributed by atoms with van der Waals surface area (Å²) in [6.07, 6.45) is 2.38. The van der Waals surface area contributed by atoms with E-state index in [2.05, 4.69) is 51.3 Å². The maximum atomic E-state index is 12.6. The summed E-state index contributed by atoms with van der Waals surface area (Å²) in [7, 11) is 1.80. The van der Waals surface area contributed by atoms with Crippen molar-refractivity contribution >= 4 is 17.6 Å². The molecule has 2 aliphatic heterocycles. The number of nitrogens with zero attached hydrogens (tertiary/aromatic N) is 4. The lowest BCUT2D eigenvalue weighted by Gasteiger charge is -2.37. The van der Waals surface area contributed by atoms with E-state index in [9.17, 15) is 4.79 Å². The highest BCUT2D eigenvalue weighted by Crippen LogP contribution is 2.16. The first-order valence-corrected chi connectivity index (χ1v) is 9.70. The number of carbonyl (C=O) groups is 1. The van der Waals surface area contributed by atoms with Crippen molar-refractivity contribution in [2.45, 2.75) is 19.8 Å². The van der Waals surface area contributed by atoms with Gasteiger partial charge in [0, 0.05) is 52.0 Å². The van der Waals surface area contributed by atoms with Crippen molar-refractivity contribution in [3.63, 3.8) is 0 Å². The summed E-state index contributed by atoms with van der Waals surface area (Å²) in [6, 6.07) is 10.4. The third-order valence-corrected chi connectivity index (χ3v) is 5.45. The van der Waals surface area contributed by atoms with Crippen LogP contribution in [-0.2, 0) is 4.79 Å². The molecule has 1 N–H and O–H groups in total. The van der Waals surface area contributed by atoms with Crippen LogP contribution in [-0.4, -0.2) is 74.5 Å². The van der Waals surface area contributed by atoms with Gasteiger partial charge in [-0.15, -0.1) is 0 Å². The van der Waals surface area contributed by atoms with Gasteiger partial charge in [-0.3, -0.25) is 9.79 Å². The van der Waals surface area contributed by atoms with Crippen LogP contribution in [0.15, 0.2) is 35.3 Å². The van der Waals surface area contributed by atoms with Crippen molar-refractivity contribution in [3.05, 3.63) is 30.3 Å². The number of carbonyl (C=O) groups excluding carboxylic acids is 1. The maximum absolute atomic E-state index is 12.6. The number of hydrogen-bond donors (Lipinski definition) is 1. The minimum Gasteiger partial charge on any atom is -0.368 e. The number of benzene rings is 1. The maximum Gasteiger partial charge on any atom is 0.242 e. The van der Waals surface area contributed by atoms with Crippen LogP contribution < -0.4 is 10.2 Å². The number of para-hydroxylation sites is 1. The van der Waals surface area contributed by atoms with Crippen LogP contribution >= 0.6 is 0 Å². The summed E-state index contributed by atoms with van der Waals surface area (Å²) in [5.41, 5.74) is 1.23. The molecule has 1 aromatic carbocycles. The van der Waals surface area contributed by atoms with Crippen molar-refractivity contribution in [2.24, 2.45) is 10.9 Å². The number of piperidine rings is 1. The number of hydrogen-bond acceptors (Lipinski definition) is 3. The zero-order chi connectivity index (χ0) is 18.4. The average Bonchev–Trinajstić information content (AvgIpc) is 2.70. The monoisotopic (exact) mass is 357 g/mol. The Kier molecular flexibility index (Phi) is 6.36. The van der Waals surface area contributed by atoms with Crippen molar-refractivity contribution in [1.82, 2.24) is 15.1 Å². The van der Waals surface area contributed by atoms with Crippen LogP contribution in [0.4, 0.5) is 5.69 Å². The van der Waals surface area contributed by atoms with Gasteiger partial charge < -0.3 is 20.0 Å². The number of nitrogens with one attached hydrogen (secondary N) is 1. The lowest BCUT2D eigenvalue weighted by Crippen LogP contribution is -2.53. The largest absolute Gasteiger partial charge is 0.368 e. The smallest absolute Gasteiger partial charge is 0.242 e. The Morgan fingerprint density at radius 2 is 1.69 bits per heavy atom. The number of anilines is 1. The molecule has 6 heteroatoms. The van der Waals surface area contributed by atoms with Crippen LogP contribution in [0.1, 0.15) is 19.8 Å². The molecule has 142 valence electrons. The summed E-state index contributed by atoms with van der Waals surface area (Å²) in [6.45, 7) is 7.97. The number of rotatable bonds is 3. The molecular weight excluding hydrogens is 326 g/mol. The summed E-state index contributed by atoms with van der Waals surface area (Å²) in [5.74, 6) is 1.80. The molecule has 1 aromatic rings. The first-order chi connectivity index (χ1) is 12.7. The molecule has 26 heavy (non-hydrogen) atoms. The van der Waals surface area contributed by atoms with Crippen molar-refractivity contribution in [2.75, 3.05) is 57.8 Å². The number of likely N-dealkylation sites (tertiary alicyclic amines) is 1. The van der Waals surface area contributed by atoms with Crippen molar-refractivity contribution in [3.8, 4) is 0 Å². The van der Waals surface area contributed by atoms with E-state index in [1.807, 2.05) is 11.0 Å². The first-order valence-electron chi connectivity index (χ1n) is 9.70. The van der Waals surface area contributed by atoms with Crippen LogP contribution in [0.25, 0.3) is 0 Å². The van der Waals surface area contributed by atoms with Crippen LogP contribution in [0.2, 0.25) is 0 Å². The molecular formula is C20H31N5O. The molecule has 0 aromatic heterocycles. The Bertz CT molecular complexity index is 602. The van der Waals surface area contributed by atoms with E-state index in [1.165, 1.54) is 18.5 Å². The Balaban J connectivity index is 1.44. The molecule has 6 nitrogen and oxygen atoms in total. The predicted molar refractivity (Wildman–Crippen MR) is 107 cm³/mol. The number of amides is 1. The first kappa shape index (κ1) is 18.5. The van der Waals surface area contributed by atoms with Gasteiger partial charge in [-0.05, 0) is 30.9 Å². The molecule has 2 heterocycles. The number of aliphatic imine (C=N–C) groups is 1. The number of piperazine rings is 1. The van der Waals surface area contributed by atoms with E-state index in [-0.39, 0.29) is 5.91 Å². The Labute approximate surface area is 156 Å². The normalized spacial score (nSPS) is 19.6. The highest BCUT2D eigenvalue weighted by molar-refractivity contribution is 5.86. The second-order valence-electron chi connectivity index (χ2n) is 7.27. The van der Waals surface area contributed by atoms with E-state index in [4.69, 9.17) is 0 Å². The van der Waals surface area contributed by atoms with Crippen LogP contribution in [0.5, 0.6) is 0 Å². The summed E-state index contributed by atoms with van der Waals surface area (Å²) in [5, 5.41) is 3.27. The van der Waals surface area contributed by atoms with Crippen LogP contribution in [0.3, 0.4) is 0 Å². The van der Waals surface area contributed by atoms with Gasteiger partial charge >= 0.3 is 0 Å². The molecule has 0 unspecified atom stereocenters. The SMILES string of the molecule is CN=C(NCC(=O)N1CCN(c2ccccc2)CC1)N1CCC(C)CC1. The van der Waals surface area contributed by atoms with Gasteiger partial charge in [0.1, 0.15) is 0 Å². The second kappa shape index (κ2) is 8.92. The molecule has 0 radical (unpaired) electrons. The second-order valence-corrected chi connectivity index (χ2v) is 7.27. The minimum absolute atomic E-state index is 0.157. The van der Waals surface area contributed by atoms with Gasteiger partial charge in [-0.25, -0.2) is 0 Å². The average molecular weight is 358 g/mol. The quantitative estimate of drug-likeness (QED) is 0.660. The lowest BCUT2D eigenvalue weighted by atomic mass is 10.00. The van der Waals surface area contributed by atoms with Gasteiger partial charge in [0.05, 0.1) is 6.54 Å². The Morgan fingerprint density at radius 1 is 1.04 bits per heavy atom. The standard InChI is InChI=1S/C20H31N5O/c1-17-8-10-25(11-9-17)20(21-2)22-16-19(26)24-14-12-23(13-15-24)18-6-4-3-5-7-18/h3-7,17H,8-16H2,1-2H3,(H,21,22). The third kappa shape index (κ3) is 4.68. The molecule has 0 spiro atoms. The van der Waals surface area contributed by atoms with E-state index < -0.39 is 0 Å². The summed E-state index contributed by atoms with van der Waals surface area (Å²) < 4.78 is 0. The van der Waals surface area contributed by atoms with Gasteiger partial charge in [0.25, 0.3) is 0 Å². The molecule has 0 saturated carbocycles. The molecule has 0 aliphatic carbocycles. The van der Waals surface area contributed by atoms with Gasteiger partial charge in [0.15, 0.2) is 5.96 Å². The fraction of sp³-hybridized carbons (Fsp3) is 0.600. The highest BCUT2D eigenvalue weighted by atomic mass is 16.2. The van der Waals surface area contributed by atoms with E-state index in [0.29, 0.717) is 6.54 Å². The predicted octanol–water partition coefficient (Wildman–Crippen LogP) is 1.64. The minimum atomic E-state index is 0.157. The molecule has 2 saturated heterocycles. The van der Waals surface area contributed by atoms with Gasteiger partial charge in [-0.1, -0.05) is 25.1 Å². The van der Waals surface area contributed by atoms with E-state index in [1.54, 1.807) is 7.05 Å². The zero-order valence-electron chi connectivity index (χ0n) is 16.0. The molecule has 1 amide bonds. The van der Waals surface area contributed by atoms with Crippen molar-refractivity contribution in [1.29, 1.82) is 0 Å². The lowest BCUT2D eigenvalue weighted by molar-refractivity contribution is -0.130. The fourth-order valence-corrected chi connectivity index (χ4v) is 3.67.